The third kappa shape index (κ3) is 6.07. The molecule has 1 aromatic heterocycles. The van der Waals surface area contributed by atoms with E-state index in [2.05, 4.69) is 20.6 Å². The number of nitrogens with one attached hydrogen (secondary N) is 1. The van der Waals surface area contributed by atoms with Crippen molar-refractivity contribution in [2.45, 2.75) is 59.5 Å². The summed E-state index contributed by atoms with van der Waals surface area (Å²) >= 11 is 0. The Balaban J connectivity index is 1.91. The van der Waals surface area contributed by atoms with Crippen molar-refractivity contribution < 1.29 is 21.2 Å². The molecule has 1 amide bonds. The Bertz CT molecular complexity index is 1250. The predicted molar refractivity (Wildman–Crippen MR) is 130 cm³/mol. The van der Waals surface area contributed by atoms with Gasteiger partial charge in [0.25, 0.3) is 0 Å². The van der Waals surface area contributed by atoms with Gasteiger partial charge in [-0.2, -0.15) is 5.21 Å². The molecule has 0 spiro atoms. The van der Waals surface area contributed by atoms with E-state index in [0.29, 0.717) is 12.2 Å². The monoisotopic (exact) mass is 468 g/mol. The number of benzene rings is 2. The second kappa shape index (κ2) is 12.1. The van der Waals surface area contributed by atoms with Crippen molar-refractivity contribution in [3.8, 4) is 22.5 Å². The zero-order valence-electron chi connectivity index (χ0n) is 24.6. The molecule has 0 radical (unpaired) electrons. The Hall–Kier alpha value is -3.55. The van der Waals surface area contributed by atoms with Crippen molar-refractivity contribution in [3.05, 3.63) is 54.1 Å². The van der Waals surface area contributed by atoms with Gasteiger partial charge in [0.2, 0.25) is 11.7 Å². The first kappa shape index (κ1) is 18.8. The second-order valence-electron chi connectivity index (χ2n) is 8.32. The first-order valence-electron chi connectivity index (χ1n) is 13.8. The Kier molecular flexibility index (Phi) is 6.68. The number of aromatic nitrogens is 4. The maximum atomic E-state index is 13.3. The zero-order chi connectivity index (χ0) is 28.8. The van der Waals surface area contributed by atoms with Crippen LogP contribution in [0.15, 0.2) is 48.5 Å². The zero-order valence-corrected chi connectivity index (χ0v) is 19.6. The average molecular weight is 469 g/mol. The van der Waals surface area contributed by atoms with Crippen LogP contribution < -0.4 is 0 Å². The number of carbonyl (C=O) groups is 2. The molecule has 34 heavy (non-hydrogen) atoms. The van der Waals surface area contributed by atoms with E-state index in [1.54, 1.807) is 13.8 Å². The molecule has 0 aliphatic heterocycles. The molecule has 0 bridgehead atoms. The lowest BCUT2D eigenvalue weighted by molar-refractivity contribution is -0.157. The summed E-state index contributed by atoms with van der Waals surface area (Å²) in [7, 11) is 0. The van der Waals surface area contributed by atoms with Gasteiger partial charge in [-0.05, 0) is 41.1 Å². The SMILES string of the molecule is [2H]C([2H])([2H])C([2H])([2H])OC(=O)[C@H](C(C)C)N(Cc1ccc(-c2ccccc2-c2nn[nH]n2)cc1)C(=O)CCCC. The van der Waals surface area contributed by atoms with Gasteiger partial charge in [0, 0.05) is 22.6 Å². The van der Waals surface area contributed by atoms with Crippen LogP contribution in [0.3, 0.4) is 0 Å². The quantitative estimate of drug-likeness (QED) is 0.411. The van der Waals surface area contributed by atoms with E-state index in [4.69, 9.17) is 11.6 Å². The third-order valence-corrected chi connectivity index (χ3v) is 5.56. The Morgan fingerprint density at radius 1 is 1.15 bits per heavy atom. The van der Waals surface area contributed by atoms with Crippen molar-refractivity contribution in [2.75, 3.05) is 6.56 Å². The number of nitrogens with zero attached hydrogens (tertiary/aromatic N) is 4. The van der Waals surface area contributed by atoms with Crippen LogP contribution in [0.5, 0.6) is 0 Å². The molecule has 2 aromatic carbocycles. The minimum absolute atomic E-state index is 0.0596. The maximum Gasteiger partial charge on any atom is 0.329 e. The predicted octanol–water partition coefficient (Wildman–Crippen LogP) is 4.64. The van der Waals surface area contributed by atoms with Gasteiger partial charge in [-0.25, -0.2) is 4.79 Å². The fraction of sp³-hybridized carbons (Fsp3) is 0.423. The highest BCUT2D eigenvalue weighted by atomic mass is 16.5. The molecule has 0 saturated carbocycles. The Labute approximate surface area is 207 Å². The van der Waals surface area contributed by atoms with Crippen LogP contribution in [0.1, 0.15) is 59.3 Å². The number of aromatic amines is 1. The number of rotatable bonds is 11. The highest BCUT2D eigenvalue weighted by Crippen LogP contribution is 2.30. The van der Waals surface area contributed by atoms with E-state index in [-0.39, 0.29) is 18.9 Å². The Morgan fingerprint density at radius 2 is 1.88 bits per heavy atom. The first-order valence-corrected chi connectivity index (χ1v) is 11.3. The van der Waals surface area contributed by atoms with Crippen LogP contribution in [0.25, 0.3) is 22.5 Å². The van der Waals surface area contributed by atoms with Crippen LogP contribution in [0, 0.1) is 5.92 Å². The molecule has 1 atom stereocenters. The number of ether oxygens (including phenoxy) is 1. The highest BCUT2D eigenvalue weighted by Gasteiger charge is 2.33. The van der Waals surface area contributed by atoms with E-state index in [0.717, 1.165) is 28.7 Å². The molecule has 3 aromatic rings. The number of hydrogen-bond donors (Lipinski definition) is 1. The largest absolute Gasteiger partial charge is 0.464 e. The molecule has 180 valence electrons. The summed E-state index contributed by atoms with van der Waals surface area (Å²) in [5, 5.41) is 14.2. The molecule has 8 heteroatoms. The van der Waals surface area contributed by atoms with E-state index in [1.165, 1.54) is 4.90 Å². The second-order valence-corrected chi connectivity index (χ2v) is 8.32. The number of carbonyl (C=O) groups excluding carboxylic acids is 2. The van der Waals surface area contributed by atoms with Crippen LogP contribution in [0.4, 0.5) is 0 Å². The van der Waals surface area contributed by atoms with Crippen LogP contribution in [-0.2, 0) is 20.9 Å². The summed E-state index contributed by atoms with van der Waals surface area (Å²) in [6, 6.07) is 13.9. The minimum atomic E-state index is -3.19. The lowest BCUT2D eigenvalue weighted by atomic mass is 9.97. The third-order valence-electron chi connectivity index (χ3n) is 5.56. The molecular formula is C26H33N5O3. The molecular weight excluding hydrogens is 430 g/mol. The van der Waals surface area contributed by atoms with Crippen LogP contribution in [-0.4, -0.2) is 50.0 Å². The molecule has 0 unspecified atom stereocenters. The summed E-state index contributed by atoms with van der Waals surface area (Å²) in [5.74, 6) is -1.40. The molecule has 0 aliphatic carbocycles. The van der Waals surface area contributed by atoms with Crippen molar-refractivity contribution in [3.63, 3.8) is 0 Å². The van der Waals surface area contributed by atoms with Crippen LogP contribution >= 0.6 is 0 Å². The normalized spacial score (nSPS) is 14.9. The average Bonchev–Trinajstić information content (AvgIpc) is 3.41. The van der Waals surface area contributed by atoms with Gasteiger partial charge >= 0.3 is 5.97 Å². The topological polar surface area (TPSA) is 101 Å². The maximum absolute atomic E-state index is 13.3. The summed E-state index contributed by atoms with van der Waals surface area (Å²) in [6.45, 7) is -0.951. The van der Waals surface area contributed by atoms with Crippen molar-refractivity contribution in [1.82, 2.24) is 25.5 Å². The number of amides is 1. The molecule has 0 saturated heterocycles. The van der Waals surface area contributed by atoms with Gasteiger partial charge in [0.05, 0.1) is 9.30 Å². The summed E-state index contributed by atoms with van der Waals surface area (Å²) in [6.07, 6.45) is 1.57. The van der Waals surface area contributed by atoms with Crippen molar-refractivity contribution in [2.24, 2.45) is 5.92 Å². The van der Waals surface area contributed by atoms with Gasteiger partial charge in [-0.15, -0.1) is 10.2 Å². The fourth-order valence-corrected chi connectivity index (χ4v) is 3.88. The molecule has 3 rings (SSSR count). The molecule has 0 fully saturated rings. The molecule has 1 heterocycles. The molecule has 8 nitrogen and oxygen atoms in total. The van der Waals surface area contributed by atoms with E-state index < -0.39 is 31.3 Å². The summed E-state index contributed by atoms with van der Waals surface area (Å²) in [5.41, 5.74) is 3.30. The number of tetrazole rings is 1. The van der Waals surface area contributed by atoms with Gasteiger partial charge in [-0.1, -0.05) is 75.7 Å². The van der Waals surface area contributed by atoms with E-state index in [9.17, 15) is 9.59 Å². The summed E-state index contributed by atoms with van der Waals surface area (Å²) in [4.78, 5) is 27.8. The van der Waals surface area contributed by atoms with Gasteiger partial charge in [0.15, 0.2) is 0 Å². The van der Waals surface area contributed by atoms with E-state index in [1.807, 2.05) is 55.5 Å². The minimum Gasteiger partial charge on any atom is -0.464 e. The standard InChI is InChI=1S/C26H33N5O3/c1-5-7-12-23(32)31(24(18(3)4)26(33)34-6-2)17-19-13-15-20(16-14-19)21-10-8-9-11-22(21)25-27-29-30-28-25/h8-11,13-16,18,24H,5-7,12,17H2,1-4H3,(H,27,28,29,30)/t24-/m0/s1/i2D3,6D2. The fourth-order valence-electron chi connectivity index (χ4n) is 3.88. The van der Waals surface area contributed by atoms with Crippen molar-refractivity contribution >= 4 is 11.9 Å². The van der Waals surface area contributed by atoms with Crippen molar-refractivity contribution in [1.29, 1.82) is 0 Å². The van der Waals surface area contributed by atoms with E-state index >= 15 is 0 Å². The smallest absolute Gasteiger partial charge is 0.329 e. The number of hydrogen-bond acceptors (Lipinski definition) is 6. The number of unbranched alkanes of at least 4 members (excludes halogenated alkanes) is 1. The molecule has 0 aliphatic rings. The summed E-state index contributed by atoms with van der Waals surface area (Å²) < 4.78 is 42.5. The first-order chi connectivity index (χ1) is 18.4. The van der Waals surface area contributed by atoms with Gasteiger partial charge in [-0.3, -0.25) is 4.79 Å². The van der Waals surface area contributed by atoms with Gasteiger partial charge in [0.1, 0.15) is 6.04 Å². The lowest BCUT2D eigenvalue weighted by Gasteiger charge is -2.33. The molecule has 1 N–H and O–H groups in total. The van der Waals surface area contributed by atoms with Gasteiger partial charge < -0.3 is 9.64 Å². The number of H-pyrrole nitrogens is 1. The highest BCUT2D eigenvalue weighted by molar-refractivity contribution is 5.85. The van der Waals surface area contributed by atoms with Crippen LogP contribution in [0.2, 0.25) is 0 Å². The Morgan fingerprint density at radius 3 is 2.50 bits per heavy atom. The lowest BCUT2D eigenvalue weighted by Crippen LogP contribution is -2.48. The number of esters is 1.